The third kappa shape index (κ3) is 2.90. The summed E-state index contributed by atoms with van der Waals surface area (Å²) in [6, 6.07) is 6.79. The largest absolute Gasteiger partial charge is 0.421 e. The van der Waals surface area contributed by atoms with Crippen LogP contribution in [0.2, 0.25) is 0 Å². The molecule has 3 heterocycles. The molecule has 5 nitrogen and oxygen atoms in total. The molecule has 0 spiro atoms. The Bertz CT molecular complexity index is 805. The molecule has 1 fully saturated rings. The van der Waals surface area contributed by atoms with Crippen molar-refractivity contribution >= 4 is 17.5 Å². The van der Waals surface area contributed by atoms with Crippen LogP contribution in [0.15, 0.2) is 24.4 Å². The molecule has 2 aliphatic heterocycles. The minimum absolute atomic E-state index is 0.139. The van der Waals surface area contributed by atoms with Crippen LogP contribution in [0.4, 0.5) is 30.6 Å². The quantitative estimate of drug-likeness (QED) is 0.774. The van der Waals surface area contributed by atoms with E-state index in [1.807, 2.05) is 12.1 Å². The summed E-state index contributed by atoms with van der Waals surface area (Å²) >= 11 is 0. The fourth-order valence-corrected chi connectivity index (χ4v) is 3.59. The van der Waals surface area contributed by atoms with Gasteiger partial charge in [-0.05, 0) is 43.0 Å². The van der Waals surface area contributed by atoms with Crippen molar-refractivity contribution in [2.75, 3.05) is 17.2 Å². The molecule has 8 heteroatoms. The normalized spacial score (nSPS) is 21.3. The lowest BCUT2D eigenvalue weighted by molar-refractivity contribution is -0.137. The smallest absolute Gasteiger partial charge is 0.370 e. The molecular formula is C17H18F3N5. The van der Waals surface area contributed by atoms with E-state index in [-0.39, 0.29) is 11.8 Å². The van der Waals surface area contributed by atoms with E-state index in [0.717, 1.165) is 24.7 Å². The van der Waals surface area contributed by atoms with Crippen molar-refractivity contribution in [2.24, 2.45) is 0 Å². The van der Waals surface area contributed by atoms with Crippen molar-refractivity contribution in [1.82, 2.24) is 15.3 Å². The van der Waals surface area contributed by atoms with E-state index >= 15 is 0 Å². The summed E-state index contributed by atoms with van der Waals surface area (Å²) in [5.41, 5.74) is 2.47. The first-order valence-corrected chi connectivity index (χ1v) is 8.30. The van der Waals surface area contributed by atoms with E-state index < -0.39 is 11.7 Å². The number of aromatic nitrogens is 2. The Morgan fingerprint density at radius 3 is 2.68 bits per heavy atom. The highest BCUT2D eigenvalue weighted by molar-refractivity contribution is 5.60. The first kappa shape index (κ1) is 16.1. The van der Waals surface area contributed by atoms with E-state index in [2.05, 4.69) is 32.0 Å². The molecule has 2 aromatic rings. The summed E-state index contributed by atoms with van der Waals surface area (Å²) in [6.45, 7) is 2.06. The number of nitrogens with zero attached hydrogens (tertiary/aromatic N) is 2. The van der Waals surface area contributed by atoms with Crippen LogP contribution in [0.3, 0.4) is 0 Å². The number of halogens is 3. The van der Waals surface area contributed by atoms with E-state index in [9.17, 15) is 13.2 Å². The van der Waals surface area contributed by atoms with Crippen LogP contribution >= 0.6 is 0 Å². The van der Waals surface area contributed by atoms with Crippen LogP contribution in [-0.4, -0.2) is 16.5 Å². The van der Waals surface area contributed by atoms with E-state index in [0.29, 0.717) is 18.6 Å². The first-order chi connectivity index (χ1) is 12.0. The van der Waals surface area contributed by atoms with Gasteiger partial charge in [0.05, 0.1) is 0 Å². The minimum Gasteiger partial charge on any atom is -0.370 e. The predicted octanol–water partition coefficient (Wildman–Crippen LogP) is 4.15. The molecule has 1 aromatic heterocycles. The minimum atomic E-state index is -4.49. The van der Waals surface area contributed by atoms with Gasteiger partial charge in [-0.3, -0.25) is 0 Å². The van der Waals surface area contributed by atoms with Crippen LogP contribution in [-0.2, 0) is 6.18 Å². The molecule has 2 bridgehead atoms. The average Bonchev–Trinajstić information content (AvgIpc) is 3.16. The average molecular weight is 349 g/mol. The maximum atomic E-state index is 13.0. The zero-order chi connectivity index (χ0) is 17.6. The Kier molecular flexibility index (Phi) is 3.79. The van der Waals surface area contributed by atoms with Crippen molar-refractivity contribution in [3.05, 3.63) is 41.1 Å². The molecule has 132 valence electrons. The number of rotatable bonds is 4. The molecule has 2 atom stereocenters. The molecule has 3 N–H and O–H groups in total. The highest BCUT2D eigenvalue weighted by Gasteiger charge is 2.36. The summed E-state index contributed by atoms with van der Waals surface area (Å²) in [5.74, 6) is -0.0746. The highest BCUT2D eigenvalue weighted by Crippen LogP contribution is 2.45. The molecule has 1 saturated heterocycles. The number of benzene rings is 1. The number of nitrogens with one attached hydrogen (secondary N) is 3. The molecule has 0 unspecified atom stereocenters. The number of hydrogen-bond acceptors (Lipinski definition) is 5. The van der Waals surface area contributed by atoms with Crippen molar-refractivity contribution in [1.29, 1.82) is 0 Å². The summed E-state index contributed by atoms with van der Waals surface area (Å²) in [5, 5.41) is 9.20. The second-order valence-corrected chi connectivity index (χ2v) is 6.30. The molecule has 0 aliphatic carbocycles. The summed E-state index contributed by atoms with van der Waals surface area (Å²) in [4.78, 5) is 7.82. The van der Waals surface area contributed by atoms with Crippen molar-refractivity contribution in [3.8, 4) is 0 Å². The zero-order valence-corrected chi connectivity index (χ0v) is 13.6. The Morgan fingerprint density at radius 2 is 1.96 bits per heavy atom. The van der Waals surface area contributed by atoms with Gasteiger partial charge in [0.1, 0.15) is 11.4 Å². The van der Waals surface area contributed by atoms with Gasteiger partial charge in [0.15, 0.2) is 0 Å². The van der Waals surface area contributed by atoms with E-state index in [1.54, 1.807) is 6.92 Å². The van der Waals surface area contributed by atoms with Crippen molar-refractivity contribution in [3.63, 3.8) is 0 Å². The Morgan fingerprint density at radius 1 is 1.20 bits per heavy atom. The van der Waals surface area contributed by atoms with Gasteiger partial charge in [-0.2, -0.15) is 18.2 Å². The van der Waals surface area contributed by atoms with Crippen LogP contribution < -0.4 is 16.0 Å². The van der Waals surface area contributed by atoms with Gasteiger partial charge >= 0.3 is 6.18 Å². The SMILES string of the molecule is CCNc1nc(Nc2ccc3c(c2)[C@H]2CC[C@@H]3N2)ncc1C(F)(F)F. The lowest BCUT2D eigenvalue weighted by Gasteiger charge is -2.16. The first-order valence-electron chi connectivity index (χ1n) is 8.30. The number of hydrogen-bond donors (Lipinski definition) is 3. The number of fused-ring (bicyclic) bond motifs is 5. The van der Waals surface area contributed by atoms with Gasteiger partial charge in [0, 0.05) is 30.5 Å². The third-order valence-electron chi connectivity index (χ3n) is 4.68. The predicted molar refractivity (Wildman–Crippen MR) is 88.8 cm³/mol. The van der Waals surface area contributed by atoms with Crippen LogP contribution in [0, 0.1) is 0 Å². The summed E-state index contributed by atoms with van der Waals surface area (Å²) in [7, 11) is 0. The van der Waals surface area contributed by atoms with Crippen LogP contribution in [0.25, 0.3) is 0 Å². The molecular weight excluding hydrogens is 331 g/mol. The van der Waals surface area contributed by atoms with Crippen molar-refractivity contribution < 1.29 is 13.2 Å². The van der Waals surface area contributed by atoms with Gasteiger partial charge < -0.3 is 16.0 Å². The van der Waals surface area contributed by atoms with Crippen LogP contribution in [0.5, 0.6) is 0 Å². The Labute approximate surface area is 143 Å². The fraction of sp³-hybridized carbons (Fsp3) is 0.412. The topological polar surface area (TPSA) is 61.9 Å². The molecule has 2 aliphatic rings. The van der Waals surface area contributed by atoms with Gasteiger partial charge in [0.25, 0.3) is 0 Å². The Balaban J connectivity index is 1.61. The van der Waals surface area contributed by atoms with E-state index in [1.165, 1.54) is 11.1 Å². The monoisotopic (exact) mass is 349 g/mol. The second kappa shape index (κ2) is 5.87. The molecule has 0 saturated carbocycles. The molecule has 0 amide bonds. The van der Waals surface area contributed by atoms with Gasteiger partial charge in [-0.15, -0.1) is 0 Å². The maximum absolute atomic E-state index is 13.0. The van der Waals surface area contributed by atoms with Gasteiger partial charge in [-0.1, -0.05) is 6.07 Å². The standard InChI is InChI=1S/C17H18F3N5/c1-2-21-15-12(17(18,19)20)8-22-16(25-15)23-9-3-4-10-11(7-9)14-6-5-13(10)24-14/h3-4,7-8,13-14,24H,2,5-6H2,1H3,(H2,21,22,23,25)/t13-,14+/m0/s1. The lowest BCUT2D eigenvalue weighted by Crippen LogP contribution is -2.14. The van der Waals surface area contributed by atoms with Crippen molar-refractivity contribution in [2.45, 2.75) is 38.0 Å². The second-order valence-electron chi connectivity index (χ2n) is 6.30. The van der Waals surface area contributed by atoms with Crippen LogP contribution in [0.1, 0.15) is 48.5 Å². The molecule has 4 rings (SSSR count). The fourth-order valence-electron chi connectivity index (χ4n) is 3.59. The molecule has 1 aromatic carbocycles. The maximum Gasteiger partial charge on any atom is 0.421 e. The number of anilines is 3. The van der Waals surface area contributed by atoms with Gasteiger partial charge in [-0.25, -0.2) is 4.98 Å². The van der Waals surface area contributed by atoms with E-state index in [4.69, 9.17) is 0 Å². The summed E-state index contributed by atoms with van der Waals surface area (Å²) in [6.07, 6.45) is -1.42. The molecule has 0 radical (unpaired) electrons. The summed E-state index contributed by atoms with van der Waals surface area (Å²) < 4.78 is 39.1. The zero-order valence-electron chi connectivity index (χ0n) is 13.6. The van der Waals surface area contributed by atoms with Gasteiger partial charge in [0.2, 0.25) is 5.95 Å². The third-order valence-corrected chi connectivity index (χ3v) is 4.68. The Hall–Kier alpha value is -2.35. The number of alkyl halides is 3. The highest BCUT2D eigenvalue weighted by atomic mass is 19.4. The lowest BCUT2D eigenvalue weighted by atomic mass is 9.91. The molecule has 25 heavy (non-hydrogen) atoms.